The van der Waals surface area contributed by atoms with Gasteiger partial charge in [-0.05, 0) is 30.2 Å². The van der Waals surface area contributed by atoms with Gasteiger partial charge in [-0.1, -0.05) is 70.4 Å². The van der Waals surface area contributed by atoms with Gasteiger partial charge in [0.2, 0.25) is 0 Å². The minimum Gasteiger partial charge on any atom is -0.255 e. The van der Waals surface area contributed by atoms with Crippen molar-refractivity contribution in [2.24, 2.45) is 5.92 Å². The molecule has 17 heavy (non-hydrogen) atoms. The van der Waals surface area contributed by atoms with E-state index in [1.165, 1.54) is 32.1 Å². The van der Waals surface area contributed by atoms with Gasteiger partial charge in [-0.25, -0.2) is 0 Å². The van der Waals surface area contributed by atoms with E-state index >= 15 is 0 Å². The number of rotatable bonds is 1. The monoisotopic (exact) mass is 237 g/mol. The van der Waals surface area contributed by atoms with Gasteiger partial charge < -0.3 is 0 Å². The highest BCUT2D eigenvalue weighted by Crippen LogP contribution is 2.33. The Morgan fingerprint density at radius 3 is 2.24 bits per heavy atom. The predicted octanol–water partition coefficient (Wildman–Crippen LogP) is 5.47. The van der Waals surface area contributed by atoms with Gasteiger partial charge >= 0.3 is 0 Å². The fraction of sp³-hybridized carbons (Fsp3) is 0.625. The van der Waals surface area contributed by atoms with E-state index in [0.29, 0.717) is 0 Å². The van der Waals surface area contributed by atoms with E-state index in [0.717, 1.165) is 11.8 Å². The summed E-state index contributed by atoms with van der Waals surface area (Å²) in [7, 11) is 0. The molecule has 1 aromatic carbocycles. The maximum absolute atomic E-state index is 2.40. The van der Waals surface area contributed by atoms with E-state index < -0.39 is 0 Å². The third-order valence-corrected chi connectivity index (χ3v) is 3.53. The second-order valence-electron chi connectivity index (χ2n) is 4.72. The molecule has 0 bridgehead atoms. The van der Waals surface area contributed by atoms with Crippen LogP contribution in [0.25, 0.3) is 0 Å². The van der Waals surface area contributed by atoms with Gasteiger partial charge in [0.15, 0.2) is 0 Å². The summed E-state index contributed by atoms with van der Waals surface area (Å²) in [6.45, 7) is 6.40. The summed E-state index contributed by atoms with van der Waals surface area (Å²) in [6, 6.07) is 11.0. The Morgan fingerprint density at radius 1 is 0.941 bits per heavy atom. The smallest absolute Gasteiger partial charge is 0 e. The van der Waals surface area contributed by atoms with Crippen molar-refractivity contribution >= 4 is 0 Å². The molecule has 1 saturated carbocycles. The van der Waals surface area contributed by atoms with Gasteiger partial charge in [-0.3, -0.25) is 5.48 Å². The van der Waals surface area contributed by atoms with Crippen LogP contribution in [0, 0.1) is 5.92 Å². The summed E-state index contributed by atoms with van der Waals surface area (Å²) in [5, 5.41) is 0. The van der Waals surface area contributed by atoms with E-state index in [2.05, 4.69) is 37.3 Å². The van der Waals surface area contributed by atoms with Crippen LogP contribution in [0.5, 0.6) is 0 Å². The van der Waals surface area contributed by atoms with Gasteiger partial charge in [0.1, 0.15) is 0 Å². The molecule has 1 radical (unpaired) electrons. The number of hydrogen-bond acceptors (Lipinski definition) is 0. The van der Waals surface area contributed by atoms with Crippen LogP contribution in [-0.4, -0.2) is 5.48 Å². The zero-order valence-corrected chi connectivity index (χ0v) is 11.5. The molecule has 2 atom stereocenters. The molecule has 1 nitrogen and oxygen atoms in total. The van der Waals surface area contributed by atoms with E-state index in [9.17, 15) is 0 Å². The van der Waals surface area contributed by atoms with Crippen LogP contribution >= 0.6 is 0 Å². The van der Waals surface area contributed by atoms with Gasteiger partial charge in [-0.15, -0.1) is 0 Å². The number of hydrogen-bond donors (Lipinski definition) is 1. The van der Waals surface area contributed by atoms with Crippen LogP contribution in [0.15, 0.2) is 30.3 Å². The quantitative estimate of drug-likeness (QED) is 0.628. The molecule has 0 saturated heterocycles. The molecule has 0 spiro atoms. The molecule has 2 unspecified atom stereocenters. The first kappa shape index (κ1) is 16.2. The summed E-state index contributed by atoms with van der Waals surface area (Å²) in [5.41, 5.74) is 1.56. The van der Waals surface area contributed by atoms with Gasteiger partial charge in [0.25, 0.3) is 0 Å². The minimum atomic E-state index is 0. The average molecular weight is 237 g/mol. The molecule has 1 N–H and O–H groups in total. The molecule has 2 rings (SSSR count). The molecule has 0 aromatic heterocycles. The molecular formula is C16H29O. The Kier molecular flexibility index (Phi) is 8.79. The average Bonchev–Trinajstić information content (AvgIpc) is 2.58. The van der Waals surface area contributed by atoms with Crippen molar-refractivity contribution in [1.29, 1.82) is 0 Å². The van der Waals surface area contributed by atoms with Crippen LogP contribution < -0.4 is 0 Å². The van der Waals surface area contributed by atoms with Crippen molar-refractivity contribution < 1.29 is 6.90 Å². The van der Waals surface area contributed by atoms with E-state index in [1.807, 2.05) is 13.8 Å². The Bertz CT molecular complexity index is 274. The van der Waals surface area contributed by atoms with Crippen LogP contribution in [0.4, 0.5) is 0 Å². The molecule has 1 fully saturated rings. The Morgan fingerprint density at radius 2 is 1.59 bits per heavy atom. The topological polar surface area (TPSA) is 30.0 Å². The molecule has 1 aliphatic rings. The lowest BCUT2D eigenvalue weighted by molar-refractivity contribution is 0.499. The summed E-state index contributed by atoms with van der Waals surface area (Å²) >= 11 is 0. The highest BCUT2D eigenvalue weighted by Gasteiger charge is 2.16. The zero-order chi connectivity index (χ0) is 11.8. The summed E-state index contributed by atoms with van der Waals surface area (Å²) in [4.78, 5) is 0. The third-order valence-electron chi connectivity index (χ3n) is 3.53. The molecule has 1 aliphatic carbocycles. The summed E-state index contributed by atoms with van der Waals surface area (Å²) in [6.07, 6.45) is 7.06. The van der Waals surface area contributed by atoms with Gasteiger partial charge in [0.05, 0.1) is 0 Å². The lowest BCUT2D eigenvalue weighted by Gasteiger charge is -2.14. The molecule has 1 heteroatoms. The van der Waals surface area contributed by atoms with Crippen molar-refractivity contribution in [3.8, 4) is 0 Å². The second-order valence-corrected chi connectivity index (χ2v) is 4.72. The first-order valence-corrected chi connectivity index (χ1v) is 6.91. The fourth-order valence-electron chi connectivity index (χ4n) is 2.55. The first-order chi connectivity index (χ1) is 7.86. The molecule has 1 aromatic rings. The van der Waals surface area contributed by atoms with E-state index in [-0.39, 0.29) is 6.90 Å². The summed E-state index contributed by atoms with van der Waals surface area (Å²) in [5.74, 6) is 1.78. The van der Waals surface area contributed by atoms with Crippen LogP contribution in [0.1, 0.15) is 65.8 Å². The molecule has 0 aliphatic heterocycles. The van der Waals surface area contributed by atoms with Crippen LogP contribution in [0.2, 0.25) is 0 Å². The van der Waals surface area contributed by atoms with Crippen molar-refractivity contribution in [3.05, 3.63) is 35.9 Å². The first-order valence-electron chi connectivity index (χ1n) is 6.91. The predicted molar refractivity (Wildman–Crippen MR) is 76.8 cm³/mol. The minimum absolute atomic E-state index is 0. The molecule has 0 heterocycles. The second kappa shape index (κ2) is 9.23. The highest BCUT2D eigenvalue weighted by atomic mass is 16.0. The largest absolute Gasteiger partial charge is 0.255 e. The number of benzene rings is 1. The molecular weight excluding hydrogens is 208 g/mol. The Balaban J connectivity index is 0. The van der Waals surface area contributed by atoms with Crippen molar-refractivity contribution in [1.82, 2.24) is 0 Å². The lowest BCUT2D eigenvalue weighted by Crippen LogP contribution is -1.97. The van der Waals surface area contributed by atoms with Gasteiger partial charge in [0, 0.05) is 1.43 Å². The van der Waals surface area contributed by atoms with Crippen molar-refractivity contribution in [3.63, 3.8) is 0 Å². The third kappa shape index (κ3) is 5.36. The Labute approximate surface area is 108 Å². The standard InChI is InChI=1S/C14H20.C2H6.HO.H2/c1-12-6-5-9-14(11-10-12)13-7-3-2-4-8-13;1-2;;/h2-4,7-8,12,14H,5-6,9-11H2,1H3;1-2H3;2*1H. The SMILES string of the molecule is CC.CC1CCCC(c2ccccc2)CC1.[HH].[OH]. The maximum Gasteiger partial charge on any atom is 0 e. The normalized spacial score (nSPS) is 23.7. The fourth-order valence-corrected chi connectivity index (χ4v) is 2.55. The Hall–Kier alpha value is -0.820. The molecule has 0 amide bonds. The van der Waals surface area contributed by atoms with Crippen molar-refractivity contribution in [2.45, 2.75) is 58.8 Å². The lowest BCUT2D eigenvalue weighted by atomic mass is 9.91. The highest BCUT2D eigenvalue weighted by molar-refractivity contribution is 5.19. The molecule has 99 valence electrons. The van der Waals surface area contributed by atoms with E-state index in [4.69, 9.17) is 0 Å². The maximum atomic E-state index is 2.40. The van der Waals surface area contributed by atoms with Crippen molar-refractivity contribution in [2.75, 3.05) is 0 Å². The van der Waals surface area contributed by atoms with Crippen LogP contribution in [-0.2, 0) is 0 Å². The van der Waals surface area contributed by atoms with E-state index in [1.54, 1.807) is 5.56 Å². The summed E-state index contributed by atoms with van der Waals surface area (Å²) < 4.78 is 0. The van der Waals surface area contributed by atoms with Gasteiger partial charge in [-0.2, -0.15) is 0 Å². The van der Waals surface area contributed by atoms with Crippen LogP contribution in [0.3, 0.4) is 0 Å². The zero-order valence-electron chi connectivity index (χ0n) is 11.5.